The molecule has 200 valence electrons. The smallest absolute Gasteiger partial charge is 0.304 e. The van der Waals surface area contributed by atoms with E-state index in [2.05, 4.69) is 0 Å². The van der Waals surface area contributed by atoms with E-state index in [1.807, 2.05) is 0 Å². The number of ether oxygens (including phenoxy) is 3. The monoisotopic (exact) mass is 542 g/mol. The number of benzene rings is 2. The number of nitrogens with zero attached hydrogens (tertiary/aromatic N) is 1. The van der Waals surface area contributed by atoms with Gasteiger partial charge in [0.05, 0.1) is 23.5 Å². The molecule has 1 saturated carbocycles. The van der Waals surface area contributed by atoms with E-state index < -0.39 is 64.2 Å². The van der Waals surface area contributed by atoms with Gasteiger partial charge < -0.3 is 19.3 Å². The van der Waals surface area contributed by atoms with Crippen LogP contribution in [0.5, 0.6) is 5.75 Å². The van der Waals surface area contributed by atoms with Gasteiger partial charge >= 0.3 is 5.97 Å². The van der Waals surface area contributed by atoms with E-state index in [1.54, 1.807) is 0 Å². The highest BCUT2D eigenvalue weighted by Crippen LogP contribution is 2.44. The van der Waals surface area contributed by atoms with Crippen LogP contribution in [0.15, 0.2) is 47.4 Å². The van der Waals surface area contributed by atoms with Crippen molar-refractivity contribution in [1.29, 1.82) is 0 Å². The lowest BCUT2D eigenvalue weighted by Crippen LogP contribution is -2.60. The van der Waals surface area contributed by atoms with E-state index in [4.69, 9.17) is 14.2 Å². The van der Waals surface area contributed by atoms with Gasteiger partial charge in [0.1, 0.15) is 36.3 Å². The summed E-state index contributed by atoms with van der Waals surface area (Å²) < 4.78 is 71.7. The molecule has 1 amide bonds. The molecule has 0 aromatic heterocycles. The second kappa shape index (κ2) is 10.7. The number of hydrogen-bond acceptors (Lipinski definition) is 8. The molecule has 14 heteroatoms. The number of hydrogen-bond donors (Lipinski definition) is 3. The van der Waals surface area contributed by atoms with Crippen molar-refractivity contribution in [2.75, 3.05) is 13.3 Å². The molecule has 11 nitrogen and oxygen atoms in total. The number of halogens is 2. The van der Waals surface area contributed by atoms with Crippen LogP contribution in [-0.4, -0.2) is 66.0 Å². The molecule has 1 heterocycles. The Morgan fingerprint density at radius 1 is 1.11 bits per heavy atom. The maximum Gasteiger partial charge on any atom is 0.304 e. The summed E-state index contributed by atoms with van der Waals surface area (Å²) in [5.41, 5.74) is -0.412. The second-order valence-electron chi connectivity index (χ2n) is 8.63. The first-order valence-corrected chi connectivity index (χ1v) is 12.6. The largest absolute Gasteiger partial charge is 0.489 e. The molecule has 3 N–H and O–H groups in total. The van der Waals surface area contributed by atoms with E-state index in [-0.39, 0.29) is 42.4 Å². The topological polar surface area (TPSA) is 152 Å². The molecule has 1 saturated heterocycles. The Labute approximate surface area is 210 Å². The van der Waals surface area contributed by atoms with Gasteiger partial charge in [0, 0.05) is 24.9 Å². The zero-order valence-corrected chi connectivity index (χ0v) is 20.1. The third kappa shape index (κ3) is 5.43. The van der Waals surface area contributed by atoms with Gasteiger partial charge in [-0.05, 0) is 42.5 Å². The molecule has 0 spiro atoms. The fourth-order valence-electron chi connectivity index (χ4n) is 4.58. The lowest BCUT2D eigenvalue weighted by Gasteiger charge is -2.38. The lowest BCUT2D eigenvalue weighted by atomic mass is 9.95. The number of nitrogens with one attached hydrogen (secondary N) is 1. The zero-order chi connectivity index (χ0) is 26.8. The van der Waals surface area contributed by atoms with Crippen molar-refractivity contribution in [3.8, 4) is 5.75 Å². The summed E-state index contributed by atoms with van der Waals surface area (Å²) in [6, 6.07) is 7.82. The highest BCUT2D eigenvalue weighted by atomic mass is 32.2. The van der Waals surface area contributed by atoms with Gasteiger partial charge in [-0.2, -0.15) is 4.31 Å². The molecular weight excluding hydrogens is 518 g/mol. The van der Waals surface area contributed by atoms with Crippen LogP contribution in [0.1, 0.15) is 24.8 Å². The van der Waals surface area contributed by atoms with Crippen molar-refractivity contribution in [1.82, 2.24) is 9.79 Å². The number of carboxylic acid groups (broad SMARTS) is 1. The first-order chi connectivity index (χ1) is 17.6. The van der Waals surface area contributed by atoms with Gasteiger partial charge in [-0.15, -0.1) is 0 Å². The van der Waals surface area contributed by atoms with Crippen molar-refractivity contribution in [2.24, 2.45) is 0 Å². The quantitative estimate of drug-likeness (QED) is 0.301. The lowest BCUT2D eigenvalue weighted by molar-refractivity contribution is -0.143. The Bertz CT molecular complexity index is 1260. The summed E-state index contributed by atoms with van der Waals surface area (Å²) in [6.45, 7) is -0.917. The van der Waals surface area contributed by atoms with Gasteiger partial charge in [-0.3, -0.25) is 14.8 Å². The zero-order valence-electron chi connectivity index (χ0n) is 19.3. The van der Waals surface area contributed by atoms with Crippen LogP contribution < -0.4 is 10.2 Å². The molecule has 4 rings (SSSR count). The minimum atomic E-state index is -4.50. The van der Waals surface area contributed by atoms with Crippen molar-refractivity contribution in [3.63, 3.8) is 0 Å². The number of carbonyl (C=O) groups excluding carboxylic acids is 1. The van der Waals surface area contributed by atoms with Crippen molar-refractivity contribution < 1.29 is 51.3 Å². The van der Waals surface area contributed by atoms with Gasteiger partial charge in [0.25, 0.3) is 5.91 Å². The molecule has 2 unspecified atom stereocenters. The summed E-state index contributed by atoms with van der Waals surface area (Å²) in [7, 11) is -4.50. The SMILES string of the molecule is O=C(O)CCN(C1(C(=O)NO)CC2OCOC2C1)S(=O)(=O)c1ccc(OCc2cc(F)ccc2F)cc1. The predicted octanol–water partition coefficient (Wildman–Crippen LogP) is 1.79. The minimum absolute atomic E-state index is 0.0327. The molecule has 1 aliphatic carbocycles. The van der Waals surface area contributed by atoms with E-state index >= 15 is 0 Å². The van der Waals surface area contributed by atoms with Crippen LogP contribution in [-0.2, 0) is 35.7 Å². The van der Waals surface area contributed by atoms with Crippen LogP contribution in [0.3, 0.4) is 0 Å². The number of carboxylic acids is 1. The average molecular weight is 543 g/mol. The van der Waals surface area contributed by atoms with Gasteiger partial charge in [-0.25, -0.2) is 22.7 Å². The number of aliphatic carboxylic acids is 1. The third-order valence-corrected chi connectivity index (χ3v) is 8.38. The Kier molecular flexibility index (Phi) is 7.75. The Morgan fingerprint density at radius 3 is 2.35 bits per heavy atom. The fraction of sp³-hybridized carbons (Fsp3) is 0.391. The molecule has 0 bridgehead atoms. The van der Waals surface area contributed by atoms with Crippen LogP contribution in [0.4, 0.5) is 8.78 Å². The van der Waals surface area contributed by atoms with E-state index in [0.29, 0.717) is 0 Å². The van der Waals surface area contributed by atoms with Crippen molar-refractivity contribution >= 4 is 21.9 Å². The number of carbonyl (C=O) groups is 2. The number of fused-ring (bicyclic) bond motifs is 1. The van der Waals surface area contributed by atoms with Gasteiger partial charge in [-0.1, -0.05) is 0 Å². The highest BCUT2D eigenvalue weighted by Gasteiger charge is 2.59. The Balaban J connectivity index is 1.61. The van der Waals surface area contributed by atoms with Crippen LogP contribution in [0.25, 0.3) is 0 Å². The van der Waals surface area contributed by atoms with Gasteiger partial charge in [0.15, 0.2) is 0 Å². The summed E-state index contributed by atoms with van der Waals surface area (Å²) >= 11 is 0. The molecule has 2 aliphatic rings. The molecule has 2 aromatic rings. The first-order valence-electron chi connectivity index (χ1n) is 11.2. The average Bonchev–Trinajstić information content (AvgIpc) is 3.44. The standard InChI is InChI=1S/C23H24F2N2O9S/c24-15-1-6-18(25)14(9-15)12-34-16-2-4-17(5-3-16)37(32,33)27(8-7-21(28)29)23(22(30)26-31)10-19-20(11-23)36-13-35-19/h1-6,9,19-20,31H,7-8,10-13H2,(H,26,30)(H,28,29). The maximum atomic E-state index is 13.8. The number of amides is 1. The van der Waals surface area contributed by atoms with Crippen molar-refractivity contribution in [2.45, 2.75) is 48.5 Å². The molecule has 2 fully saturated rings. The van der Waals surface area contributed by atoms with Crippen LogP contribution in [0.2, 0.25) is 0 Å². The normalized spacial score (nSPS) is 23.1. The second-order valence-corrected chi connectivity index (χ2v) is 10.5. The number of hydroxylamine groups is 1. The molecule has 0 radical (unpaired) electrons. The molecule has 1 aliphatic heterocycles. The summed E-state index contributed by atoms with van der Waals surface area (Å²) in [5.74, 6) is -3.49. The van der Waals surface area contributed by atoms with Crippen LogP contribution >= 0.6 is 0 Å². The Morgan fingerprint density at radius 2 is 1.76 bits per heavy atom. The van der Waals surface area contributed by atoms with E-state index in [1.165, 1.54) is 29.7 Å². The molecular formula is C23H24F2N2O9S. The first kappa shape index (κ1) is 26.9. The van der Waals surface area contributed by atoms with E-state index in [9.17, 15) is 37.1 Å². The highest BCUT2D eigenvalue weighted by molar-refractivity contribution is 7.89. The summed E-state index contributed by atoms with van der Waals surface area (Å²) in [4.78, 5) is 23.9. The minimum Gasteiger partial charge on any atom is -0.489 e. The number of sulfonamides is 1. The predicted molar refractivity (Wildman–Crippen MR) is 120 cm³/mol. The summed E-state index contributed by atoms with van der Waals surface area (Å²) in [6.07, 6.45) is -2.19. The molecule has 2 aromatic carbocycles. The van der Waals surface area contributed by atoms with E-state index in [0.717, 1.165) is 22.5 Å². The Hall–Kier alpha value is -3.17. The maximum absolute atomic E-state index is 13.8. The third-order valence-electron chi connectivity index (χ3n) is 6.40. The summed E-state index contributed by atoms with van der Waals surface area (Å²) in [5, 5.41) is 18.6. The molecule has 37 heavy (non-hydrogen) atoms. The van der Waals surface area contributed by atoms with Crippen molar-refractivity contribution in [3.05, 3.63) is 59.7 Å². The fourth-order valence-corrected chi connectivity index (χ4v) is 6.33. The molecule has 2 atom stereocenters. The van der Waals surface area contributed by atoms with Crippen LogP contribution in [0, 0.1) is 11.6 Å². The van der Waals surface area contributed by atoms with Gasteiger partial charge in [0.2, 0.25) is 10.0 Å². The number of rotatable bonds is 10.